The fraction of sp³-hybridized carbons (Fsp3) is 0.150. The molecular weight excluding hydrogens is 322 g/mol. The van der Waals surface area contributed by atoms with E-state index in [1.165, 1.54) is 6.07 Å². The Hall–Kier alpha value is -2.95. The third-order valence-electron chi connectivity index (χ3n) is 4.02. The van der Waals surface area contributed by atoms with Crippen molar-refractivity contribution in [1.82, 2.24) is 9.88 Å². The van der Waals surface area contributed by atoms with Crippen LogP contribution in [0.15, 0.2) is 67.0 Å². The zero-order chi connectivity index (χ0) is 17.8. The molecule has 0 aliphatic heterocycles. The molecular formula is C20H18F2N2O. The molecule has 3 nitrogen and oxygen atoms in total. The molecule has 1 amide bonds. The third-order valence-corrected chi connectivity index (χ3v) is 4.02. The Morgan fingerprint density at radius 3 is 2.36 bits per heavy atom. The van der Waals surface area contributed by atoms with Crippen LogP contribution in [0.3, 0.4) is 0 Å². The van der Waals surface area contributed by atoms with Crippen molar-refractivity contribution < 1.29 is 13.6 Å². The van der Waals surface area contributed by atoms with Crippen molar-refractivity contribution in [3.63, 3.8) is 0 Å². The number of nitrogens with one attached hydrogen (secondary N) is 1. The lowest BCUT2D eigenvalue weighted by atomic mass is 10.1. The Labute approximate surface area is 144 Å². The maximum atomic E-state index is 13.3. The molecule has 0 saturated heterocycles. The number of hydrogen-bond acceptors (Lipinski definition) is 1. The molecule has 0 bridgehead atoms. The lowest BCUT2D eigenvalue weighted by Gasteiger charge is -2.15. The standard InChI is InChI=1S/C20H18F2N2O/c1-14(16-6-9-18(21)19(22)13-16)23-20(25)12-15-4-7-17(8-5-15)24-10-2-3-11-24/h2-11,13-14H,12H2,1H3,(H,23,25). The second-order valence-corrected chi connectivity index (χ2v) is 5.90. The van der Waals surface area contributed by atoms with Crippen LogP contribution in [0.4, 0.5) is 8.78 Å². The van der Waals surface area contributed by atoms with E-state index in [0.29, 0.717) is 5.56 Å². The van der Waals surface area contributed by atoms with Crippen molar-refractivity contribution in [2.45, 2.75) is 19.4 Å². The van der Waals surface area contributed by atoms with Gasteiger partial charge in [0.1, 0.15) is 0 Å². The summed E-state index contributed by atoms with van der Waals surface area (Å²) in [5.41, 5.74) is 2.42. The molecule has 3 rings (SSSR count). The van der Waals surface area contributed by atoms with Crippen LogP contribution in [0.2, 0.25) is 0 Å². The van der Waals surface area contributed by atoms with Gasteiger partial charge in [-0.15, -0.1) is 0 Å². The summed E-state index contributed by atoms with van der Waals surface area (Å²) in [7, 11) is 0. The van der Waals surface area contributed by atoms with Crippen molar-refractivity contribution in [3.8, 4) is 5.69 Å². The Morgan fingerprint density at radius 2 is 1.72 bits per heavy atom. The molecule has 2 aromatic carbocycles. The highest BCUT2D eigenvalue weighted by Gasteiger charge is 2.12. The van der Waals surface area contributed by atoms with Crippen molar-refractivity contribution >= 4 is 5.91 Å². The highest BCUT2D eigenvalue weighted by atomic mass is 19.2. The molecule has 0 radical (unpaired) electrons. The van der Waals surface area contributed by atoms with Crippen LogP contribution in [-0.2, 0) is 11.2 Å². The zero-order valence-corrected chi connectivity index (χ0v) is 13.7. The lowest BCUT2D eigenvalue weighted by Crippen LogP contribution is -2.28. The number of carbonyl (C=O) groups is 1. The molecule has 128 valence electrons. The quantitative estimate of drug-likeness (QED) is 0.743. The van der Waals surface area contributed by atoms with Crippen LogP contribution < -0.4 is 5.32 Å². The first-order chi connectivity index (χ1) is 12.0. The minimum Gasteiger partial charge on any atom is -0.349 e. The largest absolute Gasteiger partial charge is 0.349 e. The van der Waals surface area contributed by atoms with E-state index in [1.54, 1.807) is 6.92 Å². The van der Waals surface area contributed by atoms with E-state index in [4.69, 9.17) is 0 Å². The third kappa shape index (κ3) is 4.12. The molecule has 0 spiro atoms. The number of carbonyl (C=O) groups excluding carboxylic acids is 1. The average molecular weight is 340 g/mol. The van der Waals surface area contributed by atoms with E-state index >= 15 is 0 Å². The van der Waals surface area contributed by atoms with Gasteiger partial charge in [-0.1, -0.05) is 18.2 Å². The van der Waals surface area contributed by atoms with Gasteiger partial charge in [0.05, 0.1) is 12.5 Å². The Bertz CT molecular complexity index is 858. The molecule has 0 aliphatic carbocycles. The summed E-state index contributed by atoms with van der Waals surface area (Å²) in [4.78, 5) is 12.2. The molecule has 1 N–H and O–H groups in total. The summed E-state index contributed by atoms with van der Waals surface area (Å²) >= 11 is 0. The molecule has 1 aromatic heterocycles. The Morgan fingerprint density at radius 1 is 1.04 bits per heavy atom. The van der Waals surface area contributed by atoms with E-state index in [2.05, 4.69) is 5.32 Å². The first-order valence-corrected chi connectivity index (χ1v) is 7.99. The van der Waals surface area contributed by atoms with Gasteiger partial charge in [-0.05, 0) is 54.4 Å². The van der Waals surface area contributed by atoms with E-state index in [-0.39, 0.29) is 12.3 Å². The van der Waals surface area contributed by atoms with Gasteiger partial charge in [0.25, 0.3) is 0 Å². The van der Waals surface area contributed by atoms with Crippen molar-refractivity contribution in [2.24, 2.45) is 0 Å². The minimum atomic E-state index is -0.917. The van der Waals surface area contributed by atoms with Gasteiger partial charge >= 0.3 is 0 Å². The van der Waals surface area contributed by atoms with Gasteiger partial charge in [0, 0.05) is 18.1 Å². The fourth-order valence-corrected chi connectivity index (χ4v) is 2.64. The number of hydrogen-bond donors (Lipinski definition) is 1. The van der Waals surface area contributed by atoms with E-state index < -0.39 is 17.7 Å². The molecule has 0 fully saturated rings. The summed E-state index contributed by atoms with van der Waals surface area (Å²) in [6.07, 6.45) is 4.12. The minimum absolute atomic E-state index is 0.175. The second-order valence-electron chi connectivity index (χ2n) is 5.90. The van der Waals surface area contributed by atoms with E-state index in [0.717, 1.165) is 23.4 Å². The predicted molar refractivity (Wildman–Crippen MR) is 92.4 cm³/mol. The number of rotatable bonds is 5. The number of benzene rings is 2. The van der Waals surface area contributed by atoms with Crippen LogP contribution >= 0.6 is 0 Å². The molecule has 0 aliphatic rings. The maximum absolute atomic E-state index is 13.3. The summed E-state index contributed by atoms with van der Waals surface area (Å²) in [5, 5.41) is 2.80. The van der Waals surface area contributed by atoms with E-state index in [1.807, 2.05) is 53.4 Å². The monoisotopic (exact) mass is 340 g/mol. The van der Waals surface area contributed by atoms with E-state index in [9.17, 15) is 13.6 Å². The van der Waals surface area contributed by atoms with Gasteiger partial charge < -0.3 is 9.88 Å². The summed E-state index contributed by atoms with van der Waals surface area (Å²) in [6.45, 7) is 1.74. The predicted octanol–water partition coefficient (Wildman–Crippen LogP) is 4.18. The number of nitrogens with zero attached hydrogens (tertiary/aromatic N) is 1. The number of aromatic nitrogens is 1. The van der Waals surface area contributed by atoms with Crippen molar-refractivity contribution in [1.29, 1.82) is 0 Å². The van der Waals surface area contributed by atoms with Crippen molar-refractivity contribution in [2.75, 3.05) is 0 Å². The Kier molecular flexibility index (Phi) is 4.93. The zero-order valence-electron chi connectivity index (χ0n) is 13.7. The molecule has 0 saturated carbocycles. The molecule has 1 atom stereocenters. The van der Waals surface area contributed by atoms with Crippen LogP contribution in [-0.4, -0.2) is 10.5 Å². The summed E-state index contributed by atoms with van der Waals surface area (Å²) < 4.78 is 28.3. The normalized spacial score (nSPS) is 12.0. The van der Waals surface area contributed by atoms with Crippen LogP contribution in [0, 0.1) is 11.6 Å². The van der Waals surface area contributed by atoms with Gasteiger partial charge in [-0.25, -0.2) is 8.78 Å². The second kappa shape index (κ2) is 7.30. The molecule has 1 heterocycles. The smallest absolute Gasteiger partial charge is 0.224 e. The molecule has 3 aromatic rings. The van der Waals surface area contributed by atoms with Gasteiger partial charge in [-0.3, -0.25) is 4.79 Å². The molecule has 5 heteroatoms. The van der Waals surface area contributed by atoms with Gasteiger partial charge in [-0.2, -0.15) is 0 Å². The fourth-order valence-electron chi connectivity index (χ4n) is 2.64. The SMILES string of the molecule is CC(NC(=O)Cc1ccc(-n2cccc2)cc1)c1ccc(F)c(F)c1. The average Bonchev–Trinajstić information content (AvgIpc) is 3.12. The first kappa shape index (κ1) is 16.9. The highest BCUT2D eigenvalue weighted by Crippen LogP contribution is 2.16. The number of amides is 1. The van der Waals surface area contributed by atoms with Crippen LogP contribution in [0.5, 0.6) is 0 Å². The molecule has 25 heavy (non-hydrogen) atoms. The lowest BCUT2D eigenvalue weighted by molar-refractivity contribution is -0.121. The summed E-state index contributed by atoms with van der Waals surface area (Å²) in [6, 6.07) is 14.8. The van der Waals surface area contributed by atoms with Gasteiger partial charge in [0.15, 0.2) is 11.6 Å². The van der Waals surface area contributed by atoms with Crippen molar-refractivity contribution in [3.05, 3.63) is 89.8 Å². The summed E-state index contributed by atoms with van der Waals surface area (Å²) in [5.74, 6) is -1.99. The van der Waals surface area contributed by atoms with Gasteiger partial charge in [0.2, 0.25) is 5.91 Å². The first-order valence-electron chi connectivity index (χ1n) is 7.99. The highest BCUT2D eigenvalue weighted by molar-refractivity contribution is 5.79. The molecule has 1 unspecified atom stereocenters. The topological polar surface area (TPSA) is 34.0 Å². The van der Waals surface area contributed by atoms with Crippen LogP contribution in [0.1, 0.15) is 24.1 Å². The Balaban J connectivity index is 1.61. The van der Waals surface area contributed by atoms with Crippen LogP contribution in [0.25, 0.3) is 5.69 Å². The number of halogens is 2. The maximum Gasteiger partial charge on any atom is 0.224 e.